The molecule has 1 aromatic carbocycles. The predicted octanol–water partition coefficient (Wildman–Crippen LogP) is 2.62. The number of hydrogen-bond acceptors (Lipinski definition) is 2. The van der Waals surface area contributed by atoms with Gasteiger partial charge >= 0.3 is 0 Å². The molecule has 20 heavy (non-hydrogen) atoms. The Morgan fingerprint density at radius 2 is 1.90 bits per heavy atom. The molecule has 0 saturated heterocycles. The normalized spacial score (nSPS) is 19.4. The summed E-state index contributed by atoms with van der Waals surface area (Å²) in [6.07, 6.45) is 0. The fraction of sp³-hybridized carbons (Fsp3) is 0.500. The highest BCUT2D eigenvalue weighted by atomic mass is 32.1. The van der Waals surface area contributed by atoms with E-state index in [2.05, 4.69) is 33.0 Å². The van der Waals surface area contributed by atoms with Gasteiger partial charge in [0.25, 0.3) is 0 Å². The molecule has 1 saturated carbocycles. The number of carbonyl (C=O) groups is 1. The number of nitrogens with one attached hydrogen (secondary N) is 1. The summed E-state index contributed by atoms with van der Waals surface area (Å²) in [5.41, 5.74) is 7.59. The molecule has 1 aliphatic rings. The van der Waals surface area contributed by atoms with Crippen molar-refractivity contribution in [1.29, 1.82) is 0 Å². The SMILES string of the molecule is CC1(C)C(C(=O)NCc2cccc(C(N)=S)c2)C1(C)C. The van der Waals surface area contributed by atoms with Gasteiger partial charge in [0.05, 0.1) is 0 Å². The van der Waals surface area contributed by atoms with Gasteiger partial charge in [0.15, 0.2) is 0 Å². The van der Waals surface area contributed by atoms with E-state index in [-0.39, 0.29) is 22.7 Å². The molecule has 0 aliphatic heterocycles. The highest BCUT2D eigenvalue weighted by molar-refractivity contribution is 7.80. The van der Waals surface area contributed by atoms with Crippen molar-refractivity contribution in [2.24, 2.45) is 22.5 Å². The van der Waals surface area contributed by atoms with Crippen molar-refractivity contribution in [3.8, 4) is 0 Å². The first kappa shape index (κ1) is 15.0. The molecule has 2 rings (SSSR count). The maximum Gasteiger partial charge on any atom is 0.224 e. The maximum atomic E-state index is 12.3. The first-order valence-electron chi connectivity index (χ1n) is 6.84. The summed E-state index contributed by atoms with van der Waals surface area (Å²) in [6, 6.07) is 7.67. The van der Waals surface area contributed by atoms with Gasteiger partial charge in [0, 0.05) is 18.0 Å². The molecule has 0 unspecified atom stereocenters. The summed E-state index contributed by atoms with van der Waals surface area (Å²) >= 11 is 4.96. The average Bonchev–Trinajstić information content (AvgIpc) is 2.77. The van der Waals surface area contributed by atoms with Crippen LogP contribution in [0.1, 0.15) is 38.8 Å². The van der Waals surface area contributed by atoms with Crippen LogP contribution >= 0.6 is 12.2 Å². The zero-order chi connectivity index (χ0) is 15.1. The molecule has 0 spiro atoms. The summed E-state index contributed by atoms with van der Waals surface area (Å²) in [7, 11) is 0. The smallest absolute Gasteiger partial charge is 0.224 e. The molecule has 4 heteroatoms. The zero-order valence-corrected chi connectivity index (χ0v) is 13.3. The Labute approximate surface area is 125 Å². The van der Waals surface area contributed by atoms with Crippen LogP contribution in [0.4, 0.5) is 0 Å². The van der Waals surface area contributed by atoms with Crippen LogP contribution in [0.3, 0.4) is 0 Å². The third-order valence-electron chi connectivity index (χ3n) is 4.96. The summed E-state index contributed by atoms with van der Waals surface area (Å²) < 4.78 is 0. The topological polar surface area (TPSA) is 55.1 Å². The third-order valence-corrected chi connectivity index (χ3v) is 5.20. The van der Waals surface area contributed by atoms with E-state index in [0.717, 1.165) is 11.1 Å². The van der Waals surface area contributed by atoms with Crippen LogP contribution in [0.25, 0.3) is 0 Å². The van der Waals surface area contributed by atoms with Gasteiger partial charge in [-0.15, -0.1) is 0 Å². The molecule has 0 atom stereocenters. The van der Waals surface area contributed by atoms with Crippen LogP contribution in [-0.2, 0) is 11.3 Å². The largest absolute Gasteiger partial charge is 0.389 e. The number of benzene rings is 1. The number of thiocarbonyl (C=S) groups is 1. The Kier molecular flexibility index (Phi) is 3.63. The first-order chi connectivity index (χ1) is 9.18. The van der Waals surface area contributed by atoms with Gasteiger partial charge in [0.1, 0.15) is 4.99 Å². The number of rotatable bonds is 4. The Balaban J connectivity index is 1.98. The Hall–Kier alpha value is -1.42. The second kappa shape index (κ2) is 4.85. The quantitative estimate of drug-likeness (QED) is 0.838. The van der Waals surface area contributed by atoms with E-state index in [4.69, 9.17) is 18.0 Å². The Morgan fingerprint density at radius 1 is 1.30 bits per heavy atom. The number of nitrogens with two attached hydrogens (primary N) is 1. The van der Waals surface area contributed by atoms with Crippen LogP contribution < -0.4 is 11.1 Å². The molecule has 0 bridgehead atoms. The highest BCUT2D eigenvalue weighted by Gasteiger charge is 2.68. The standard InChI is InChI=1S/C16H22N2OS/c1-15(2)12(16(15,3)4)14(19)18-9-10-6-5-7-11(8-10)13(17)20/h5-8,12H,9H2,1-4H3,(H2,17,20)(H,18,19). The molecule has 0 heterocycles. The van der Waals surface area contributed by atoms with E-state index in [1.165, 1.54) is 0 Å². The van der Waals surface area contributed by atoms with E-state index in [9.17, 15) is 4.79 Å². The van der Waals surface area contributed by atoms with E-state index >= 15 is 0 Å². The molecule has 1 amide bonds. The predicted molar refractivity (Wildman–Crippen MR) is 85.2 cm³/mol. The molecular weight excluding hydrogens is 268 g/mol. The van der Waals surface area contributed by atoms with E-state index in [1.807, 2.05) is 24.3 Å². The molecule has 1 aliphatic carbocycles. The van der Waals surface area contributed by atoms with E-state index in [0.29, 0.717) is 11.5 Å². The average molecular weight is 290 g/mol. The van der Waals surface area contributed by atoms with Crippen molar-refractivity contribution in [3.05, 3.63) is 35.4 Å². The minimum Gasteiger partial charge on any atom is -0.389 e. The lowest BCUT2D eigenvalue weighted by molar-refractivity contribution is -0.123. The molecule has 0 aromatic heterocycles. The van der Waals surface area contributed by atoms with Crippen molar-refractivity contribution in [3.63, 3.8) is 0 Å². The van der Waals surface area contributed by atoms with Crippen molar-refractivity contribution >= 4 is 23.1 Å². The molecule has 1 fully saturated rings. The third kappa shape index (κ3) is 2.44. The van der Waals surface area contributed by atoms with Gasteiger partial charge < -0.3 is 11.1 Å². The van der Waals surface area contributed by atoms with Crippen molar-refractivity contribution in [2.45, 2.75) is 34.2 Å². The van der Waals surface area contributed by atoms with Crippen molar-refractivity contribution in [2.75, 3.05) is 0 Å². The van der Waals surface area contributed by atoms with Crippen LogP contribution in [0.15, 0.2) is 24.3 Å². The fourth-order valence-electron chi connectivity index (χ4n) is 2.98. The summed E-state index contributed by atoms with van der Waals surface area (Å²) in [5.74, 6) is 0.203. The lowest BCUT2D eigenvalue weighted by atomic mass is 10.0. The van der Waals surface area contributed by atoms with Crippen LogP contribution in [0, 0.1) is 16.7 Å². The van der Waals surface area contributed by atoms with Gasteiger partial charge in [-0.2, -0.15) is 0 Å². The number of carbonyl (C=O) groups excluding carboxylic acids is 1. The zero-order valence-electron chi connectivity index (χ0n) is 12.5. The summed E-state index contributed by atoms with van der Waals surface area (Å²) in [5, 5.41) is 3.02. The van der Waals surface area contributed by atoms with E-state index in [1.54, 1.807) is 0 Å². The maximum absolute atomic E-state index is 12.3. The first-order valence-corrected chi connectivity index (χ1v) is 7.25. The molecule has 3 N–H and O–H groups in total. The summed E-state index contributed by atoms with van der Waals surface area (Å²) in [4.78, 5) is 12.6. The van der Waals surface area contributed by atoms with Gasteiger partial charge in [-0.3, -0.25) is 4.79 Å². The lowest BCUT2D eigenvalue weighted by Gasteiger charge is -2.08. The molecule has 3 nitrogen and oxygen atoms in total. The molecule has 0 radical (unpaired) electrons. The molecule has 1 aromatic rings. The summed E-state index contributed by atoms with van der Waals surface area (Å²) in [6.45, 7) is 9.09. The van der Waals surface area contributed by atoms with Crippen LogP contribution in [0.5, 0.6) is 0 Å². The van der Waals surface area contributed by atoms with Gasteiger partial charge in [-0.05, 0) is 22.5 Å². The monoisotopic (exact) mass is 290 g/mol. The number of hydrogen-bond donors (Lipinski definition) is 2. The lowest BCUT2D eigenvalue weighted by Crippen LogP contribution is -2.27. The van der Waals surface area contributed by atoms with Crippen molar-refractivity contribution < 1.29 is 4.79 Å². The van der Waals surface area contributed by atoms with Crippen LogP contribution in [0.2, 0.25) is 0 Å². The second-order valence-electron chi connectivity index (χ2n) is 6.66. The van der Waals surface area contributed by atoms with Gasteiger partial charge in [-0.25, -0.2) is 0 Å². The number of amides is 1. The second-order valence-corrected chi connectivity index (χ2v) is 7.10. The fourth-order valence-corrected chi connectivity index (χ4v) is 3.10. The van der Waals surface area contributed by atoms with Gasteiger partial charge in [0.2, 0.25) is 5.91 Å². The minimum absolute atomic E-state index is 0.0672. The van der Waals surface area contributed by atoms with E-state index < -0.39 is 0 Å². The van der Waals surface area contributed by atoms with Gasteiger partial charge in [-0.1, -0.05) is 58.1 Å². The molecule has 108 valence electrons. The molecular formula is C16H22N2OS. The van der Waals surface area contributed by atoms with Crippen LogP contribution in [-0.4, -0.2) is 10.9 Å². The minimum atomic E-state index is 0.0672. The highest BCUT2D eigenvalue weighted by Crippen LogP contribution is 2.68. The Bertz CT molecular complexity index is 549. The van der Waals surface area contributed by atoms with Crippen molar-refractivity contribution in [1.82, 2.24) is 5.32 Å². The Morgan fingerprint density at radius 3 is 2.40 bits per heavy atom.